The molecule has 0 bridgehead atoms. The normalized spacial score (nSPS) is 17.3. The van der Waals surface area contributed by atoms with Gasteiger partial charge in [0, 0.05) is 42.8 Å². The Morgan fingerprint density at radius 3 is 2.74 bits per heavy atom. The van der Waals surface area contributed by atoms with Crippen molar-refractivity contribution in [3.63, 3.8) is 0 Å². The Labute approximate surface area is 161 Å². The lowest BCUT2D eigenvalue weighted by molar-refractivity contribution is -0.121. The van der Waals surface area contributed by atoms with E-state index in [2.05, 4.69) is 22.1 Å². The van der Waals surface area contributed by atoms with Gasteiger partial charge in [-0.05, 0) is 24.7 Å². The Morgan fingerprint density at radius 1 is 1.22 bits per heavy atom. The molecule has 0 unspecified atom stereocenters. The quantitative estimate of drug-likeness (QED) is 0.819. The number of likely N-dealkylation sites (N-methyl/N-ethyl adjacent to an activating group) is 1. The maximum absolute atomic E-state index is 12.6. The van der Waals surface area contributed by atoms with Crippen molar-refractivity contribution in [3.8, 4) is 0 Å². The molecule has 140 valence electrons. The van der Waals surface area contributed by atoms with E-state index in [1.54, 1.807) is 24.3 Å². The fourth-order valence-corrected chi connectivity index (χ4v) is 4.44. The van der Waals surface area contributed by atoms with E-state index in [1.165, 1.54) is 16.2 Å². The summed E-state index contributed by atoms with van der Waals surface area (Å²) in [7, 11) is 0. The first-order valence-corrected chi connectivity index (χ1v) is 9.85. The summed E-state index contributed by atoms with van der Waals surface area (Å²) in [6.45, 7) is 4.99. The second-order valence-electron chi connectivity index (χ2n) is 6.63. The van der Waals surface area contributed by atoms with E-state index < -0.39 is 0 Å². The molecule has 1 aromatic carbocycles. The number of hydrogen-bond donors (Lipinski definition) is 1. The Hall–Kier alpha value is -2.58. The van der Waals surface area contributed by atoms with Crippen LogP contribution in [0.5, 0.6) is 0 Å². The van der Waals surface area contributed by atoms with Gasteiger partial charge >= 0.3 is 0 Å². The van der Waals surface area contributed by atoms with E-state index in [-0.39, 0.29) is 30.6 Å². The molecule has 8 heteroatoms. The Kier molecular flexibility index (Phi) is 4.75. The lowest BCUT2D eigenvalue weighted by Crippen LogP contribution is -2.29. The van der Waals surface area contributed by atoms with Crippen molar-refractivity contribution in [2.75, 3.05) is 23.3 Å². The predicted molar refractivity (Wildman–Crippen MR) is 103 cm³/mol. The molecule has 2 aromatic rings. The van der Waals surface area contributed by atoms with Crippen LogP contribution < -0.4 is 10.2 Å². The molecule has 0 atom stereocenters. The second kappa shape index (κ2) is 7.21. The molecule has 0 saturated carbocycles. The highest BCUT2D eigenvalue weighted by molar-refractivity contribution is 7.15. The summed E-state index contributed by atoms with van der Waals surface area (Å²) in [4.78, 5) is 45.7. The van der Waals surface area contributed by atoms with Crippen molar-refractivity contribution in [2.45, 2.75) is 32.7 Å². The number of carbonyl (C=O) groups excluding carboxylic acids is 3. The van der Waals surface area contributed by atoms with E-state index in [0.717, 1.165) is 36.6 Å². The third kappa shape index (κ3) is 3.50. The highest BCUT2D eigenvalue weighted by Gasteiger charge is 2.30. The Balaban J connectivity index is 1.51. The molecule has 3 heterocycles. The topological polar surface area (TPSA) is 82.6 Å². The first-order valence-electron chi connectivity index (χ1n) is 9.03. The van der Waals surface area contributed by atoms with Crippen molar-refractivity contribution in [1.29, 1.82) is 0 Å². The maximum atomic E-state index is 12.6. The number of thiazole rings is 1. The molecule has 7 nitrogen and oxygen atoms in total. The number of nitrogens with zero attached hydrogens (tertiary/aromatic N) is 3. The average molecular weight is 384 g/mol. The Morgan fingerprint density at radius 2 is 2.00 bits per heavy atom. The van der Waals surface area contributed by atoms with E-state index >= 15 is 0 Å². The van der Waals surface area contributed by atoms with Crippen molar-refractivity contribution < 1.29 is 14.4 Å². The molecule has 3 amide bonds. The molecule has 1 saturated heterocycles. The summed E-state index contributed by atoms with van der Waals surface area (Å²) in [6, 6.07) is 6.58. The molecular formula is C19H20N4O3S. The number of imide groups is 1. The van der Waals surface area contributed by atoms with Gasteiger partial charge in [0.25, 0.3) is 5.91 Å². The number of benzene rings is 1. The Bertz CT molecular complexity index is 907. The van der Waals surface area contributed by atoms with Crippen LogP contribution in [0.1, 0.15) is 40.7 Å². The van der Waals surface area contributed by atoms with Crippen LogP contribution in [-0.4, -0.2) is 40.7 Å². The number of amides is 3. The smallest absolute Gasteiger partial charge is 0.257 e. The van der Waals surface area contributed by atoms with Crippen LogP contribution in [0.4, 0.5) is 10.8 Å². The number of nitrogens with one attached hydrogen (secondary N) is 1. The van der Waals surface area contributed by atoms with Gasteiger partial charge in [0.2, 0.25) is 11.8 Å². The van der Waals surface area contributed by atoms with Gasteiger partial charge in [0.05, 0.1) is 11.4 Å². The van der Waals surface area contributed by atoms with Crippen LogP contribution in [0, 0.1) is 0 Å². The lowest BCUT2D eigenvalue weighted by atomic mass is 10.1. The van der Waals surface area contributed by atoms with Crippen LogP contribution in [0.15, 0.2) is 24.3 Å². The zero-order valence-corrected chi connectivity index (χ0v) is 15.8. The van der Waals surface area contributed by atoms with Gasteiger partial charge in [-0.15, -0.1) is 11.3 Å². The fraction of sp³-hybridized carbons (Fsp3) is 0.368. The summed E-state index contributed by atoms with van der Waals surface area (Å²) in [5, 5.41) is 3.43. The van der Waals surface area contributed by atoms with Crippen LogP contribution in [0.2, 0.25) is 0 Å². The second-order valence-corrected chi connectivity index (χ2v) is 7.72. The van der Waals surface area contributed by atoms with Crippen molar-refractivity contribution in [3.05, 3.63) is 40.4 Å². The van der Waals surface area contributed by atoms with Crippen LogP contribution in [-0.2, 0) is 22.6 Å². The molecule has 1 aromatic heterocycles. The average Bonchev–Trinajstić information content (AvgIpc) is 3.23. The standard InChI is InChI=1S/C19H20N4O3S/c1-2-22-9-8-14-15(11-22)27-19(20-14)21-18(26)12-4-3-5-13(10-12)23-16(24)6-7-17(23)25/h3-5,10H,2,6-9,11H2,1H3,(H,20,21,26). The van der Waals surface area contributed by atoms with Gasteiger partial charge in [-0.3, -0.25) is 29.5 Å². The molecule has 27 heavy (non-hydrogen) atoms. The summed E-state index contributed by atoms with van der Waals surface area (Å²) in [5.74, 6) is -0.759. The lowest BCUT2D eigenvalue weighted by Gasteiger charge is -2.23. The molecule has 0 spiro atoms. The zero-order chi connectivity index (χ0) is 19.0. The first kappa shape index (κ1) is 17.8. The van der Waals surface area contributed by atoms with Crippen LogP contribution in [0.25, 0.3) is 0 Å². The number of anilines is 2. The van der Waals surface area contributed by atoms with E-state index in [0.29, 0.717) is 16.4 Å². The van der Waals surface area contributed by atoms with E-state index in [9.17, 15) is 14.4 Å². The summed E-state index contributed by atoms with van der Waals surface area (Å²) in [6.07, 6.45) is 1.33. The highest BCUT2D eigenvalue weighted by Crippen LogP contribution is 2.29. The number of rotatable bonds is 4. The number of fused-ring (bicyclic) bond motifs is 1. The van der Waals surface area contributed by atoms with E-state index in [1.807, 2.05) is 0 Å². The van der Waals surface area contributed by atoms with Gasteiger partial charge in [-0.2, -0.15) is 0 Å². The van der Waals surface area contributed by atoms with Gasteiger partial charge < -0.3 is 0 Å². The van der Waals surface area contributed by atoms with Crippen molar-refractivity contribution in [1.82, 2.24) is 9.88 Å². The van der Waals surface area contributed by atoms with Crippen LogP contribution >= 0.6 is 11.3 Å². The minimum atomic E-state index is -0.297. The highest BCUT2D eigenvalue weighted by atomic mass is 32.1. The minimum Gasteiger partial charge on any atom is -0.298 e. The monoisotopic (exact) mass is 384 g/mol. The first-order chi connectivity index (χ1) is 13.0. The molecule has 1 N–H and O–H groups in total. The summed E-state index contributed by atoms with van der Waals surface area (Å²) in [5.41, 5.74) is 1.89. The van der Waals surface area contributed by atoms with E-state index in [4.69, 9.17) is 0 Å². The summed E-state index contributed by atoms with van der Waals surface area (Å²) >= 11 is 1.50. The third-order valence-corrected chi connectivity index (χ3v) is 5.89. The number of carbonyl (C=O) groups is 3. The number of aromatic nitrogens is 1. The SMILES string of the molecule is CCN1CCc2nc(NC(=O)c3cccc(N4C(=O)CCC4=O)c3)sc2C1. The predicted octanol–water partition coefficient (Wildman–Crippen LogP) is 2.43. The fourth-order valence-electron chi connectivity index (χ4n) is 3.39. The zero-order valence-electron chi connectivity index (χ0n) is 15.0. The molecule has 2 aliphatic heterocycles. The van der Waals surface area contributed by atoms with Gasteiger partial charge in [0.1, 0.15) is 0 Å². The van der Waals surface area contributed by atoms with Crippen molar-refractivity contribution >= 4 is 39.9 Å². The molecule has 0 radical (unpaired) electrons. The van der Waals surface area contributed by atoms with Crippen molar-refractivity contribution in [2.24, 2.45) is 0 Å². The molecule has 4 rings (SSSR count). The maximum Gasteiger partial charge on any atom is 0.257 e. The largest absolute Gasteiger partial charge is 0.298 e. The minimum absolute atomic E-state index is 0.217. The molecule has 2 aliphatic rings. The summed E-state index contributed by atoms with van der Waals surface area (Å²) < 4.78 is 0. The van der Waals surface area contributed by atoms with Gasteiger partial charge in [0.15, 0.2) is 5.13 Å². The molecule has 0 aliphatic carbocycles. The van der Waals surface area contributed by atoms with Crippen LogP contribution in [0.3, 0.4) is 0 Å². The van der Waals surface area contributed by atoms with Gasteiger partial charge in [-0.1, -0.05) is 13.0 Å². The molecule has 1 fully saturated rings. The van der Waals surface area contributed by atoms with Gasteiger partial charge in [-0.25, -0.2) is 4.98 Å². The third-order valence-electron chi connectivity index (χ3n) is 4.90. The molecular weight excluding hydrogens is 364 g/mol. The number of hydrogen-bond acceptors (Lipinski definition) is 6.